The number of carbonyl (C=O) groups excluding carboxylic acids is 1. The minimum absolute atomic E-state index is 0.189. The van der Waals surface area contributed by atoms with Crippen molar-refractivity contribution in [3.8, 4) is 6.07 Å². The van der Waals surface area contributed by atoms with Gasteiger partial charge in [0.15, 0.2) is 0 Å². The number of carbonyl (C=O) groups is 1. The SMILES string of the molecule is N#CCC(=O)N/N=C/c1c[nH]c2ccccc12. The first-order chi connectivity index (χ1) is 8.31. The first-order valence-corrected chi connectivity index (χ1v) is 5.06. The van der Waals surface area contributed by atoms with Crippen LogP contribution in [0.15, 0.2) is 35.6 Å². The van der Waals surface area contributed by atoms with Crippen LogP contribution < -0.4 is 5.43 Å². The molecule has 0 aliphatic carbocycles. The van der Waals surface area contributed by atoms with Gasteiger partial charge in [-0.3, -0.25) is 4.79 Å². The second kappa shape index (κ2) is 4.94. The molecule has 0 radical (unpaired) electrons. The van der Waals surface area contributed by atoms with Gasteiger partial charge in [0.05, 0.1) is 12.3 Å². The third kappa shape index (κ3) is 2.49. The molecule has 5 nitrogen and oxygen atoms in total. The second-order valence-corrected chi connectivity index (χ2v) is 3.42. The van der Waals surface area contributed by atoms with Gasteiger partial charge in [-0.25, -0.2) is 5.43 Å². The molecule has 0 fully saturated rings. The molecule has 84 valence electrons. The molecule has 17 heavy (non-hydrogen) atoms. The fourth-order valence-electron chi connectivity index (χ4n) is 1.49. The van der Waals surface area contributed by atoms with Crippen LogP contribution in [0.5, 0.6) is 0 Å². The average Bonchev–Trinajstić information content (AvgIpc) is 2.73. The Bertz CT molecular complexity index is 606. The summed E-state index contributed by atoms with van der Waals surface area (Å²) in [7, 11) is 0. The van der Waals surface area contributed by atoms with Crippen LogP contribution in [0.2, 0.25) is 0 Å². The Morgan fingerprint density at radius 3 is 3.18 bits per heavy atom. The highest BCUT2D eigenvalue weighted by atomic mass is 16.2. The molecular weight excluding hydrogens is 216 g/mol. The molecule has 0 atom stereocenters. The maximum Gasteiger partial charge on any atom is 0.254 e. The van der Waals surface area contributed by atoms with E-state index < -0.39 is 5.91 Å². The number of nitrogens with one attached hydrogen (secondary N) is 2. The van der Waals surface area contributed by atoms with Gasteiger partial charge >= 0.3 is 0 Å². The van der Waals surface area contributed by atoms with E-state index in [0.29, 0.717) is 0 Å². The minimum atomic E-state index is -0.413. The van der Waals surface area contributed by atoms with Crippen LogP contribution >= 0.6 is 0 Å². The van der Waals surface area contributed by atoms with Crippen LogP contribution in [-0.4, -0.2) is 17.1 Å². The van der Waals surface area contributed by atoms with Crippen molar-refractivity contribution < 1.29 is 4.79 Å². The van der Waals surface area contributed by atoms with Crippen molar-refractivity contribution in [1.82, 2.24) is 10.4 Å². The van der Waals surface area contributed by atoms with E-state index in [1.165, 1.54) is 0 Å². The smallest absolute Gasteiger partial charge is 0.254 e. The van der Waals surface area contributed by atoms with Gasteiger partial charge in [-0.2, -0.15) is 10.4 Å². The number of fused-ring (bicyclic) bond motifs is 1. The number of hydrazone groups is 1. The van der Waals surface area contributed by atoms with Gasteiger partial charge in [0.2, 0.25) is 0 Å². The monoisotopic (exact) mass is 226 g/mol. The average molecular weight is 226 g/mol. The van der Waals surface area contributed by atoms with Crippen LogP contribution in [-0.2, 0) is 4.79 Å². The van der Waals surface area contributed by atoms with Crippen LogP contribution in [0.4, 0.5) is 0 Å². The lowest BCUT2D eigenvalue weighted by atomic mass is 10.2. The summed E-state index contributed by atoms with van der Waals surface area (Å²) in [4.78, 5) is 14.1. The van der Waals surface area contributed by atoms with E-state index in [-0.39, 0.29) is 6.42 Å². The molecule has 1 aromatic carbocycles. The van der Waals surface area contributed by atoms with Crippen molar-refractivity contribution in [3.63, 3.8) is 0 Å². The Labute approximate surface area is 97.8 Å². The number of nitriles is 1. The molecule has 0 spiro atoms. The van der Waals surface area contributed by atoms with E-state index in [9.17, 15) is 4.79 Å². The fourth-order valence-corrected chi connectivity index (χ4v) is 1.49. The van der Waals surface area contributed by atoms with Crippen LogP contribution in [0.1, 0.15) is 12.0 Å². The third-order valence-electron chi connectivity index (χ3n) is 2.25. The summed E-state index contributed by atoms with van der Waals surface area (Å²) in [5, 5.41) is 13.1. The van der Waals surface area contributed by atoms with Crippen molar-refractivity contribution in [2.45, 2.75) is 6.42 Å². The number of amides is 1. The fraction of sp³-hybridized carbons (Fsp3) is 0.0833. The molecule has 0 aliphatic heterocycles. The van der Waals surface area contributed by atoms with Gasteiger partial charge in [-0.05, 0) is 6.07 Å². The zero-order valence-corrected chi connectivity index (χ0v) is 8.97. The van der Waals surface area contributed by atoms with Crippen molar-refractivity contribution in [3.05, 3.63) is 36.0 Å². The summed E-state index contributed by atoms with van der Waals surface area (Å²) < 4.78 is 0. The normalized spacial score (nSPS) is 10.5. The van der Waals surface area contributed by atoms with Gasteiger partial charge in [-0.1, -0.05) is 18.2 Å². The maximum absolute atomic E-state index is 11.0. The van der Waals surface area contributed by atoms with Gasteiger partial charge in [-0.15, -0.1) is 0 Å². The Hall–Kier alpha value is -2.61. The predicted molar refractivity (Wildman–Crippen MR) is 64.3 cm³/mol. The van der Waals surface area contributed by atoms with Crippen molar-refractivity contribution >= 4 is 23.0 Å². The van der Waals surface area contributed by atoms with Gasteiger partial charge in [0.1, 0.15) is 6.42 Å². The molecule has 2 N–H and O–H groups in total. The number of hydrogen-bond acceptors (Lipinski definition) is 3. The summed E-state index contributed by atoms with van der Waals surface area (Å²) in [6, 6.07) is 9.54. The highest BCUT2D eigenvalue weighted by molar-refractivity contribution is 5.99. The molecule has 2 aromatic rings. The molecule has 1 heterocycles. The summed E-state index contributed by atoms with van der Waals surface area (Å²) in [5.74, 6) is -0.413. The largest absolute Gasteiger partial charge is 0.361 e. The summed E-state index contributed by atoms with van der Waals surface area (Å²) >= 11 is 0. The number of rotatable bonds is 3. The molecular formula is C12H10N4O. The molecule has 2 rings (SSSR count). The lowest BCUT2D eigenvalue weighted by Gasteiger charge is -1.93. The number of hydrogen-bond donors (Lipinski definition) is 2. The second-order valence-electron chi connectivity index (χ2n) is 3.42. The lowest BCUT2D eigenvalue weighted by Crippen LogP contribution is -2.16. The third-order valence-corrected chi connectivity index (χ3v) is 2.25. The Morgan fingerprint density at radius 2 is 2.35 bits per heavy atom. The summed E-state index contributed by atoms with van der Waals surface area (Å²) in [5.41, 5.74) is 4.18. The topological polar surface area (TPSA) is 81.0 Å². The Balaban J connectivity index is 2.11. The molecule has 0 saturated carbocycles. The van der Waals surface area contributed by atoms with E-state index in [0.717, 1.165) is 16.5 Å². The first kappa shape index (κ1) is 10.9. The van der Waals surface area contributed by atoms with Crippen molar-refractivity contribution in [1.29, 1.82) is 5.26 Å². The number of para-hydroxylation sites is 1. The summed E-state index contributed by atoms with van der Waals surface area (Å²) in [6.45, 7) is 0. The number of H-pyrrole nitrogens is 1. The first-order valence-electron chi connectivity index (χ1n) is 5.06. The molecule has 1 amide bonds. The minimum Gasteiger partial charge on any atom is -0.361 e. The van der Waals surface area contributed by atoms with Crippen molar-refractivity contribution in [2.75, 3.05) is 0 Å². The molecule has 5 heteroatoms. The lowest BCUT2D eigenvalue weighted by molar-refractivity contribution is -0.120. The molecule has 0 unspecified atom stereocenters. The maximum atomic E-state index is 11.0. The van der Waals surface area contributed by atoms with Gasteiger partial charge in [0, 0.05) is 22.7 Å². The Morgan fingerprint density at radius 1 is 1.53 bits per heavy atom. The van der Waals surface area contributed by atoms with Gasteiger partial charge in [0.25, 0.3) is 5.91 Å². The van der Waals surface area contributed by atoms with Crippen LogP contribution in [0.3, 0.4) is 0 Å². The molecule has 0 aliphatic rings. The number of aromatic amines is 1. The van der Waals surface area contributed by atoms with E-state index >= 15 is 0 Å². The molecule has 1 aromatic heterocycles. The highest BCUT2D eigenvalue weighted by Crippen LogP contribution is 2.15. The highest BCUT2D eigenvalue weighted by Gasteiger charge is 2.00. The van der Waals surface area contributed by atoms with Crippen LogP contribution in [0.25, 0.3) is 10.9 Å². The van der Waals surface area contributed by atoms with E-state index in [1.807, 2.05) is 30.5 Å². The zero-order chi connectivity index (χ0) is 12.1. The standard InChI is InChI=1S/C12H10N4O/c13-6-5-12(17)16-15-8-9-7-14-11-4-2-1-3-10(9)11/h1-4,7-8,14H,5H2,(H,16,17)/b15-8+. The van der Waals surface area contributed by atoms with E-state index in [2.05, 4.69) is 15.5 Å². The summed E-state index contributed by atoms with van der Waals surface area (Å²) in [6.07, 6.45) is 3.17. The predicted octanol–water partition coefficient (Wildman–Crippen LogP) is 1.53. The molecule has 0 bridgehead atoms. The van der Waals surface area contributed by atoms with Crippen molar-refractivity contribution in [2.24, 2.45) is 5.10 Å². The zero-order valence-electron chi connectivity index (χ0n) is 8.97. The number of aromatic nitrogens is 1. The van der Waals surface area contributed by atoms with Crippen LogP contribution in [0, 0.1) is 11.3 Å². The van der Waals surface area contributed by atoms with Gasteiger partial charge < -0.3 is 4.98 Å². The van der Waals surface area contributed by atoms with E-state index in [4.69, 9.17) is 5.26 Å². The number of nitrogens with zero attached hydrogens (tertiary/aromatic N) is 2. The quantitative estimate of drug-likeness (QED) is 0.614. The van der Waals surface area contributed by atoms with E-state index in [1.54, 1.807) is 12.3 Å². The molecule has 0 saturated heterocycles. The Kier molecular flexibility index (Phi) is 3.17. The number of benzene rings is 1.